The van der Waals surface area contributed by atoms with Crippen LogP contribution in [0, 0.1) is 0 Å². The van der Waals surface area contributed by atoms with E-state index in [2.05, 4.69) is 4.98 Å². The number of Topliss-reactive ketones (excluding diaryl/α,β-unsaturated/α-hetero) is 2. The van der Waals surface area contributed by atoms with Crippen molar-refractivity contribution >= 4 is 23.2 Å². The van der Waals surface area contributed by atoms with E-state index >= 15 is 0 Å². The molecule has 1 amide bonds. The number of amides is 1. The van der Waals surface area contributed by atoms with Gasteiger partial charge in [0.25, 0.3) is 5.91 Å². The third kappa shape index (κ3) is 5.12. The Morgan fingerprint density at radius 3 is 2.48 bits per heavy atom. The summed E-state index contributed by atoms with van der Waals surface area (Å²) in [5, 5.41) is 0. The maximum absolute atomic E-state index is 14.1. The van der Waals surface area contributed by atoms with Crippen molar-refractivity contribution in [3.63, 3.8) is 0 Å². The van der Waals surface area contributed by atoms with Crippen LogP contribution in [0.3, 0.4) is 0 Å². The van der Waals surface area contributed by atoms with Gasteiger partial charge in [-0.25, -0.2) is 0 Å². The number of rotatable bonds is 8. The number of ether oxygens (including phenoxy) is 3. The minimum atomic E-state index is -0.411. The molecule has 3 aromatic rings. The highest BCUT2D eigenvalue weighted by Crippen LogP contribution is 2.33. The number of carbonyl (C=O) groups is 3. The van der Waals surface area contributed by atoms with Gasteiger partial charge in [0.05, 0.1) is 19.8 Å². The molecule has 1 aliphatic heterocycles. The largest absolute Gasteiger partial charge is 0.489 e. The summed E-state index contributed by atoms with van der Waals surface area (Å²) in [6, 6.07) is 16.9. The van der Waals surface area contributed by atoms with Crippen molar-refractivity contribution in [2.75, 3.05) is 25.7 Å². The van der Waals surface area contributed by atoms with Crippen molar-refractivity contribution in [3.05, 3.63) is 112 Å². The van der Waals surface area contributed by atoms with Crippen molar-refractivity contribution in [1.82, 2.24) is 4.98 Å². The van der Waals surface area contributed by atoms with Gasteiger partial charge in [-0.3, -0.25) is 19.4 Å². The van der Waals surface area contributed by atoms with Crippen molar-refractivity contribution < 1.29 is 28.6 Å². The third-order valence-electron chi connectivity index (χ3n) is 7.22. The van der Waals surface area contributed by atoms with Gasteiger partial charge < -0.3 is 19.1 Å². The second kappa shape index (κ2) is 11.6. The molecular formula is C32H30N2O6. The Bertz CT molecular complexity index is 1540. The number of hydrogen-bond donors (Lipinski definition) is 0. The number of allylic oxidation sites excluding steroid dienone is 2. The fourth-order valence-electron chi connectivity index (χ4n) is 5.12. The van der Waals surface area contributed by atoms with E-state index in [1.54, 1.807) is 42.4 Å². The number of para-hydroxylation sites is 1. The molecule has 0 unspecified atom stereocenters. The lowest BCUT2D eigenvalue weighted by Gasteiger charge is -2.30. The van der Waals surface area contributed by atoms with E-state index in [4.69, 9.17) is 14.2 Å². The fourth-order valence-corrected chi connectivity index (χ4v) is 5.12. The monoisotopic (exact) mass is 538 g/mol. The van der Waals surface area contributed by atoms with Crippen molar-refractivity contribution in [2.45, 2.75) is 32.8 Å². The summed E-state index contributed by atoms with van der Waals surface area (Å²) >= 11 is 0. The van der Waals surface area contributed by atoms with Crippen LogP contribution in [0.4, 0.5) is 5.69 Å². The maximum atomic E-state index is 14.1. The second-order valence-corrected chi connectivity index (χ2v) is 9.67. The number of aryl methyl sites for hydroxylation is 1. The molecule has 8 heteroatoms. The number of hydrogen-bond acceptors (Lipinski definition) is 7. The van der Waals surface area contributed by atoms with Crippen LogP contribution in [-0.2, 0) is 38.5 Å². The summed E-state index contributed by atoms with van der Waals surface area (Å²) in [6.07, 6.45) is 5.30. The Balaban J connectivity index is 1.51. The molecule has 5 rings (SSSR count). The number of ketones is 2. The van der Waals surface area contributed by atoms with Gasteiger partial charge in [-0.15, -0.1) is 0 Å². The second-order valence-electron chi connectivity index (χ2n) is 9.67. The molecule has 0 radical (unpaired) electrons. The van der Waals surface area contributed by atoms with E-state index < -0.39 is 11.6 Å². The van der Waals surface area contributed by atoms with E-state index in [1.807, 2.05) is 36.4 Å². The molecule has 0 bridgehead atoms. The highest BCUT2D eigenvalue weighted by atomic mass is 16.5. The van der Waals surface area contributed by atoms with E-state index in [0.29, 0.717) is 29.0 Å². The average molecular weight is 539 g/mol. The van der Waals surface area contributed by atoms with Crippen molar-refractivity contribution in [1.29, 1.82) is 0 Å². The molecule has 0 atom stereocenters. The zero-order valence-corrected chi connectivity index (χ0v) is 22.7. The van der Waals surface area contributed by atoms with Gasteiger partial charge >= 0.3 is 0 Å². The van der Waals surface area contributed by atoms with Gasteiger partial charge in [-0.2, -0.15) is 0 Å². The van der Waals surface area contributed by atoms with Gasteiger partial charge in [-0.05, 0) is 55.2 Å². The lowest BCUT2D eigenvalue weighted by molar-refractivity contribution is -0.121. The smallest absolute Gasteiger partial charge is 0.262 e. The lowest BCUT2D eigenvalue weighted by atomic mass is 9.88. The third-order valence-corrected chi connectivity index (χ3v) is 7.22. The number of aromatic nitrogens is 1. The topological polar surface area (TPSA) is 95.0 Å². The van der Waals surface area contributed by atoms with Crippen molar-refractivity contribution in [2.24, 2.45) is 0 Å². The van der Waals surface area contributed by atoms with Gasteiger partial charge in [0.1, 0.15) is 12.4 Å². The number of fused-ring (bicyclic) bond motifs is 1. The van der Waals surface area contributed by atoms with Gasteiger partial charge in [0.2, 0.25) is 23.1 Å². The van der Waals surface area contributed by atoms with Crippen LogP contribution in [-0.4, -0.2) is 43.2 Å². The van der Waals surface area contributed by atoms with Gasteiger partial charge in [-0.1, -0.05) is 30.3 Å². The van der Waals surface area contributed by atoms with Crippen LogP contribution in [0.1, 0.15) is 40.4 Å². The Morgan fingerprint density at radius 1 is 0.950 bits per heavy atom. The van der Waals surface area contributed by atoms with E-state index in [1.165, 1.54) is 14.2 Å². The zero-order valence-electron chi connectivity index (χ0n) is 22.7. The molecule has 0 fully saturated rings. The summed E-state index contributed by atoms with van der Waals surface area (Å²) in [6.45, 7) is 2.42. The molecule has 204 valence electrons. The molecule has 0 saturated heterocycles. The van der Waals surface area contributed by atoms with E-state index in [0.717, 1.165) is 29.7 Å². The van der Waals surface area contributed by atoms with Crippen LogP contribution in [0.15, 0.2) is 89.7 Å². The lowest BCUT2D eigenvalue weighted by Crippen LogP contribution is -2.35. The molecule has 0 N–H and O–H groups in total. The molecule has 0 spiro atoms. The first-order chi connectivity index (χ1) is 19.4. The molecule has 1 aliphatic carbocycles. The standard InChI is InChI=1S/C32H30N2O6/c1-20-24(29(36)31(39-3)30(38-2)28(20)35)16-21-12-13-27(40-19-22-8-6-14-33-18-22)25(17-21)32(37)34-15-7-10-23-9-4-5-11-26(23)34/h4-6,8-9,11-14,17-18H,7,10,15-16,19H2,1-3H3. The Kier molecular flexibility index (Phi) is 7.77. The van der Waals surface area contributed by atoms with Crippen LogP contribution in [0.2, 0.25) is 0 Å². The van der Waals surface area contributed by atoms with Crippen LogP contribution < -0.4 is 9.64 Å². The SMILES string of the molecule is COC1=C(OC)C(=O)C(Cc2ccc(OCc3cccnc3)c(C(=O)N3CCCc4ccccc43)c2)=C(C)C1=O. The Morgan fingerprint density at radius 2 is 1.73 bits per heavy atom. The summed E-state index contributed by atoms with van der Waals surface area (Å²) in [5.41, 5.74) is 4.53. The number of carbonyl (C=O) groups excluding carboxylic acids is 3. The van der Waals surface area contributed by atoms with Crippen molar-refractivity contribution in [3.8, 4) is 5.75 Å². The first-order valence-electron chi connectivity index (χ1n) is 13.1. The molecule has 1 aromatic heterocycles. The predicted molar refractivity (Wildman–Crippen MR) is 149 cm³/mol. The Labute approximate surface area is 232 Å². The summed E-state index contributed by atoms with van der Waals surface area (Å²) in [7, 11) is 2.66. The normalized spacial score (nSPS) is 15.2. The average Bonchev–Trinajstić information content (AvgIpc) is 3.00. The first-order valence-corrected chi connectivity index (χ1v) is 13.1. The minimum Gasteiger partial charge on any atom is -0.489 e. The predicted octanol–water partition coefficient (Wildman–Crippen LogP) is 4.77. The molecule has 2 heterocycles. The Hall–Kier alpha value is -4.72. The van der Waals surface area contributed by atoms with Crippen LogP contribution >= 0.6 is 0 Å². The summed E-state index contributed by atoms with van der Waals surface area (Å²) < 4.78 is 16.5. The molecule has 8 nitrogen and oxygen atoms in total. The minimum absolute atomic E-state index is 0.104. The molecule has 40 heavy (non-hydrogen) atoms. The molecule has 2 aliphatic rings. The molecular weight excluding hydrogens is 508 g/mol. The van der Waals surface area contributed by atoms with Gasteiger partial charge in [0.15, 0.2) is 0 Å². The maximum Gasteiger partial charge on any atom is 0.262 e. The van der Waals surface area contributed by atoms with Crippen LogP contribution in [0.25, 0.3) is 0 Å². The number of nitrogens with zero attached hydrogens (tertiary/aromatic N) is 2. The van der Waals surface area contributed by atoms with E-state index in [9.17, 15) is 14.4 Å². The fraction of sp³-hybridized carbons (Fsp3) is 0.250. The summed E-state index contributed by atoms with van der Waals surface area (Å²) in [4.78, 5) is 46.1. The quantitative estimate of drug-likeness (QED) is 0.381. The number of methoxy groups -OCH3 is 2. The van der Waals surface area contributed by atoms with Crippen LogP contribution in [0.5, 0.6) is 5.75 Å². The number of pyridine rings is 1. The highest BCUT2D eigenvalue weighted by molar-refractivity contribution is 6.23. The van der Waals surface area contributed by atoms with E-state index in [-0.39, 0.29) is 36.0 Å². The summed E-state index contributed by atoms with van der Waals surface area (Å²) in [5.74, 6) is -0.793. The molecule has 0 saturated carbocycles. The first kappa shape index (κ1) is 26.9. The highest BCUT2D eigenvalue weighted by Gasteiger charge is 2.35. The molecule has 2 aromatic carbocycles. The number of anilines is 1. The number of benzene rings is 2. The zero-order chi connectivity index (χ0) is 28.2. The van der Waals surface area contributed by atoms with Gasteiger partial charge in [0, 0.05) is 47.8 Å².